The van der Waals surface area contributed by atoms with Crippen molar-refractivity contribution in [2.75, 3.05) is 0 Å². The highest BCUT2D eigenvalue weighted by molar-refractivity contribution is 8.01. The van der Waals surface area contributed by atoms with Crippen molar-refractivity contribution < 1.29 is 13.3 Å². The van der Waals surface area contributed by atoms with E-state index in [9.17, 15) is 18.5 Å². The van der Waals surface area contributed by atoms with Gasteiger partial charge in [-0.15, -0.1) is 11.3 Å². The number of hydrogen-bond donors (Lipinski definition) is 1. The molecule has 20 heavy (non-hydrogen) atoms. The highest BCUT2D eigenvalue weighted by Gasteiger charge is 2.24. The molecule has 0 aliphatic rings. The molecule has 0 fully saturated rings. The number of nitro groups is 1. The molecule has 6 nitrogen and oxygen atoms in total. The van der Waals surface area contributed by atoms with Crippen LogP contribution in [0.3, 0.4) is 0 Å². The van der Waals surface area contributed by atoms with E-state index in [1.165, 1.54) is 0 Å². The zero-order valence-corrected chi connectivity index (χ0v) is 12.9. The molecule has 0 aliphatic carbocycles. The van der Waals surface area contributed by atoms with Gasteiger partial charge in [0.15, 0.2) is 0 Å². The van der Waals surface area contributed by atoms with E-state index in [4.69, 9.17) is 16.7 Å². The van der Waals surface area contributed by atoms with Crippen LogP contribution in [-0.4, -0.2) is 13.3 Å². The van der Waals surface area contributed by atoms with E-state index in [1.807, 2.05) is 0 Å². The molecule has 2 N–H and O–H groups in total. The van der Waals surface area contributed by atoms with Gasteiger partial charge in [0.05, 0.1) is 4.92 Å². The third kappa shape index (κ3) is 3.49. The normalized spacial score (nSPS) is 11.5. The van der Waals surface area contributed by atoms with Crippen LogP contribution in [0.4, 0.5) is 5.69 Å². The van der Waals surface area contributed by atoms with Gasteiger partial charge in [0, 0.05) is 16.0 Å². The summed E-state index contributed by atoms with van der Waals surface area (Å²) in [6.07, 6.45) is 0. The molecule has 2 rings (SSSR count). The number of thiophene rings is 1. The lowest BCUT2D eigenvalue weighted by Gasteiger charge is -1.98. The van der Waals surface area contributed by atoms with Crippen molar-refractivity contribution in [1.29, 1.82) is 0 Å². The van der Waals surface area contributed by atoms with E-state index in [1.54, 1.807) is 24.3 Å². The molecule has 0 unspecified atom stereocenters. The lowest BCUT2D eigenvalue weighted by molar-refractivity contribution is -0.387. The topological polar surface area (TPSA) is 103 Å². The van der Waals surface area contributed by atoms with Crippen LogP contribution in [-0.2, 0) is 10.0 Å². The third-order valence-corrected chi connectivity index (χ3v) is 6.15. The van der Waals surface area contributed by atoms with Gasteiger partial charge in [0.25, 0.3) is 5.69 Å². The molecule has 1 aromatic carbocycles. The van der Waals surface area contributed by atoms with E-state index >= 15 is 0 Å². The molecule has 2 aromatic rings. The first-order valence-corrected chi connectivity index (χ1v) is 8.57. The van der Waals surface area contributed by atoms with E-state index in [-0.39, 0.29) is 14.1 Å². The Kier molecular flexibility index (Phi) is 4.35. The van der Waals surface area contributed by atoms with Crippen LogP contribution in [0.5, 0.6) is 0 Å². The minimum atomic E-state index is -3.96. The van der Waals surface area contributed by atoms with Crippen molar-refractivity contribution in [2.24, 2.45) is 5.14 Å². The van der Waals surface area contributed by atoms with Crippen LogP contribution in [0.1, 0.15) is 0 Å². The number of halogens is 1. The second-order valence-electron chi connectivity index (χ2n) is 3.60. The van der Waals surface area contributed by atoms with Crippen LogP contribution >= 0.6 is 34.7 Å². The van der Waals surface area contributed by atoms with Crippen molar-refractivity contribution in [2.45, 2.75) is 13.3 Å². The summed E-state index contributed by atoms with van der Waals surface area (Å²) >= 11 is 7.61. The van der Waals surface area contributed by atoms with Gasteiger partial charge in [-0.2, -0.15) is 0 Å². The van der Waals surface area contributed by atoms with Crippen LogP contribution in [0.15, 0.2) is 43.6 Å². The number of primary sulfonamides is 1. The van der Waals surface area contributed by atoms with Gasteiger partial charge in [0.2, 0.25) is 10.0 Å². The monoisotopic (exact) mass is 350 g/mol. The molecule has 0 atom stereocenters. The van der Waals surface area contributed by atoms with Crippen LogP contribution in [0.2, 0.25) is 5.02 Å². The smallest absolute Gasteiger partial charge is 0.258 e. The third-order valence-electron chi connectivity index (χ3n) is 2.16. The summed E-state index contributed by atoms with van der Waals surface area (Å²) in [7, 11) is -3.96. The largest absolute Gasteiger partial charge is 0.295 e. The summed E-state index contributed by atoms with van der Waals surface area (Å²) in [6, 6.07) is 7.63. The predicted molar refractivity (Wildman–Crippen MR) is 77.9 cm³/mol. The van der Waals surface area contributed by atoms with E-state index < -0.39 is 14.9 Å². The Morgan fingerprint density at radius 3 is 2.40 bits per heavy atom. The Morgan fingerprint density at radius 2 is 1.90 bits per heavy atom. The molecule has 106 valence electrons. The average molecular weight is 351 g/mol. The second-order valence-corrected chi connectivity index (χ2v) is 8.22. The van der Waals surface area contributed by atoms with Crippen LogP contribution < -0.4 is 5.14 Å². The Balaban J connectivity index is 2.42. The van der Waals surface area contributed by atoms with Gasteiger partial charge in [0.1, 0.15) is 8.42 Å². The Hall–Kier alpha value is -1.13. The van der Waals surface area contributed by atoms with Crippen LogP contribution in [0.25, 0.3) is 0 Å². The van der Waals surface area contributed by atoms with Crippen molar-refractivity contribution in [3.63, 3.8) is 0 Å². The van der Waals surface area contributed by atoms with Crippen LogP contribution in [0, 0.1) is 10.1 Å². The molecule has 0 spiro atoms. The maximum Gasteiger partial charge on any atom is 0.295 e. The molecular weight excluding hydrogens is 344 g/mol. The van der Waals surface area contributed by atoms with E-state index in [0.717, 1.165) is 29.2 Å². The van der Waals surface area contributed by atoms with E-state index in [0.29, 0.717) is 9.92 Å². The van der Waals surface area contributed by atoms with Gasteiger partial charge in [-0.1, -0.05) is 23.4 Å². The molecule has 1 aromatic heterocycles. The maximum absolute atomic E-state index is 11.3. The Bertz CT molecular complexity index is 755. The lowest BCUT2D eigenvalue weighted by Crippen LogP contribution is -2.09. The van der Waals surface area contributed by atoms with Gasteiger partial charge in [-0.25, -0.2) is 13.6 Å². The molecule has 0 bridgehead atoms. The lowest BCUT2D eigenvalue weighted by atomic mass is 10.4. The summed E-state index contributed by atoms with van der Waals surface area (Å²) in [5.74, 6) is 0. The minimum absolute atomic E-state index is 0.235. The molecule has 0 saturated carbocycles. The quantitative estimate of drug-likeness (QED) is 0.674. The minimum Gasteiger partial charge on any atom is -0.258 e. The predicted octanol–water partition coefficient (Wildman–Crippen LogP) is 3.11. The second kappa shape index (κ2) is 5.70. The fraction of sp³-hybridized carbons (Fsp3) is 0. The molecular formula is C10H7ClN2O4S3. The molecule has 0 aliphatic heterocycles. The molecule has 1 heterocycles. The van der Waals surface area contributed by atoms with Gasteiger partial charge in [-0.05, 0) is 24.3 Å². The molecule has 0 saturated heterocycles. The summed E-state index contributed by atoms with van der Waals surface area (Å²) in [6.45, 7) is 0. The SMILES string of the molecule is NS(=O)(=O)c1cc([N+](=O)[O-])c(Sc2ccc(Cl)cc2)s1. The van der Waals surface area contributed by atoms with Crippen molar-refractivity contribution in [3.05, 3.63) is 45.5 Å². The molecule has 0 amide bonds. The fourth-order valence-corrected chi connectivity index (χ4v) is 4.61. The zero-order chi connectivity index (χ0) is 14.9. The first kappa shape index (κ1) is 15.3. The first-order valence-electron chi connectivity index (χ1n) is 5.02. The van der Waals surface area contributed by atoms with Crippen molar-refractivity contribution >= 4 is 50.4 Å². The van der Waals surface area contributed by atoms with Gasteiger partial charge in [-0.3, -0.25) is 10.1 Å². The molecule has 0 radical (unpaired) electrons. The average Bonchev–Trinajstić information content (AvgIpc) is 2.76. The maximum atomic E-state index is 11.3. The number of nitrogens with two attached hydrogens (primary N) is 1. The van der Waals surface area contributed by atoms with Gasteiger partial charge < -0.3 is 0 Å². The summed E-state index contributed by atoms with van der Waals surface area (Å²) < 4.78 is 22.5. The number of nitrogens with zero attached hydrogens (tertiary/aromatic N) is 1. The zero-order valence-electron chi connectivity index (χ0n) is 9.65. The standard InChI is InChI=1S/C10H7ClN2O4S3/c11-6-1-3-7(4-2-6)18-10-8(13(14)15)5-9(19-10)20(12,16)17/h1-5H,(H2,12,16,17). The molecule has 10 heteroatoms. The summed E-state index contributed by atoms with van der Waals surface area (Å²) in [5.41, 5.74) is -0.279. The van der Waals surface area contributed by atoms with Crippen molar-refractivity contribution in [3.8, 4) is 0 Å². The Morgan fingerprint density at radius 1 is 1.30 bits per heavy atom. The highest BCUT2D eigenvalue weighted by atomic mass is 35.5. The number of benzene rings is 1. The number of sulfonamides is 1. The first-order chi connectivity index (χ1) is 9.27. The number of hydrogen-bond acceptors (Lipinski definition) is 6. The fourth-order valence-electron chi connectivity index (χ4n) is 1.29. The van der Waals surface area contributed by atoms with Crippen molar-refractivity contribution in [1.82, 2.24) is 0 Å². The summed E-state index contributed by atoms with van der Waals surface area (Å²) in [4.78, 5) is 11.0. The van der Waals surface area contributed by atoms with Gasteiger partial charge >= 0.3 is 0 Å². The highest BCUT2D eigenvalue weighted by Crippen LogP contribution is 2.42. The Labute approximate surface area is 127 Å². The van der Waals surface area contributed by atoms with E-state index in [2.05, 4.69) is 0 Å². The number of rotatable bonds is 4. The summed E-state index contributed by atoms with van der Waals surface area (Å²) in [5, 5.41) is 16.5.